The van der Waals surface area contributed by atoms with E-state index in [-0.39, 0.29) is 23.4 Å². The zero-order chi connectivity index (χ0) is 23.7. The maximum atomic E-state index is 13.1. The predicted octanol–water partition coefficient (Wildman–Crippen LogP) is 4.44. The number of thiophene rings is 2. The van der Waals surface area contributed by atoms with Crippen LogP contribution in [0.3, 0.4) is 0 Å². The van der Waals surface area contributed by atoms with Gasteiger partial charge in [-0.3, -0.25) is 9.69 Å². The van der Waals surface area contributed by atoms with E-state index >= 15 is 0 Å². The van der Waals surface area contributed by atoms with Gasteiger partial charge in [-0.05, 0) is 36.1 Å². The second-order valence-electron chi connectivity index (χ2n) is 8.31. The molecule has 34 heavy (non-hydrogen) atoms. The molecule has 1 unspecified atom stereocenters. The molecule has 2 N–H and O–H groups in total. The molecule has 1 atom stereocenters. The summed E-state index contributed by atoms with van der Waals surface area (Å²) in [5.74, 6) is 0.343. The molecule has 1 aromatic carbocycles. The molecule has 1 aliphatic heterocycles. The second-order valence-corrected chi connectivity index (χ2v) is 10.1. The van der Waals surface area contributed by atoms with Crippen molar-refractivity contribution < 1.29 is 9.18 Å². The van der Waals surface area contributed by atoms with Crippen LogP contribution in [0.4, 0.5) is 9.18 Å². The summed E-state index contributed by atoms with van der Waals surface area (Å²) in [6.45, 7) is 4.94. The highest BCUT2D eigenvalue weighted by Crippen LogP contribution is 2.33. The van der Waals surface area contributed by atoms with Gasteiger partial charge in [-0.1, -0.05) is 18.2 Å². The lowest BCUT2D eigenvalue weighted by Crippen LogP contribution is -2.51. The van der Waals surface area contributed by atoms with E-state index in [9.17, 15) is 14.0 Å². The van der Waals surface area contributed by atoms with E-state index in [4.69, 9.17) is 4.98 Å². The van der Waals surface area contributed by atoms with E-state index in [1.807, 2.05) is 29.8 Å². The van der Waals surface area contributed by atoms with Gasteiger partial charge in [0.05, 0.1) is 18.0 Å². The summed E-state index contributed by atoms with van der Waals surface area (Å²) < 4.78 is 13.1. The van der Waals surface area contributed by atoms with Gasteiger partial charge >= 0.3 is 6.03 Å². The number of aromatic amines is 1. The van der Waals surface area contributed by atoms with Crippen LogP contribution in [0.15, 0.2) is 52.0 Å². The lowest BCUT2D eigenvalue weighted by atomic mass is 10.1. The molecule has 4 aromatic rings. The summed E-state index contributed by atoms with van der Waals surface area (Å²) in [4.78, 5) is 38.9. The van der Waals surface area contributed by atoms with Crippen molar-refractivity contribution in [3.05, 3.63) is 74.7 Å². The third-order valence-corrected chi connectivity index (χ3v) is 7.80. The van der Waals surface area contributed by atoms with Crippen molar-refractivity contribution in [1.82, 2.24) is 25.1 Å². The Morgan fingerprint density at radius 2 is 1.94 bits per heavy atom. The molecule has 0 spiro atoms. The zero-order valence-corrected chi connectivity index (χ0v) is 20.2. The van der Waals surface area contributed by atoms with Gasteiger partial charge < -0.3 is 15.2 Å². The van der Waals surface area contributed by atoms with Gasteiger partial charge in [-0.15, -0.1) is 22.7 Å². The maximum Gasteiger partial charge on any atom is 0.317 e. The van der Waals surface area contributed by atoms with Crippen LogP contribution in [0, 0.1) is 5.82 Å². The molecular weight excluding hydrogens is 473 g/mol. The monoisotopic (exact) mass is 497 g/mol. The number of fused-ring (bicyclic) bond motifs is 1. The summed E-state index contributed by atoms with van der Waals surface area (Å²) >= 11 is 3.09. The van der Waals surface area contributed by atoms with Crippen LogP contribution in [-0.4, -0.2) is 52.0 Å². The molecule has 1 saturated heterocycles. The molecule has 5 rings (SSSR count). The summed E-state index contributed by atoms with van der Waals surface area (Å²) in [6.07, 6.45) is 0. The number of piperazine rings is 1. The maximum absolute atomic E-state index is 13.1. The number of carbonyl (C=O) groups is 1. The third-order valence-electron chi connectivity index (χ3n) is 6.02. The Morgan fingerprint density at radius 1 is 1.18 bits per heavy atom. The Kier molecular flexibility index (Phi) is 6.44. The highest BCUT2D eigenvalue weighted by Gasteiger charge is 2.23. The average molecular weight is 498 g/mol. The summed E-state index contributed by atoms with van der Waals surface area (Å²) in [5.41, 5.74) is 1.68. The Labute approximate surface area is 203 Å². The number of nitrogens with one attached hydrogen (secondary N) is 2. The Balaban J connectivity index is 1.19. The molecule has 0 radical (unpaired) electrons. The SMILES string of the molecule is CC(NC(=O)N1CCN(Cc2nc3scc(-c4cccs4)c3c(=O)[nH]2)CC1)c1ccc(F)cc1. The van der Waals surface area contributed by atoms with Gasteiger partial charge in [-0.25, -0.2) is 14.2 Å². The number of rotatable bonds is 5. The van der Waals surface area contributed by atoms with E-state index in [0.29, 0.717) is 43.9 Å². The Hall–Kier alpha value is -3.08. The van der Waals surface area contributed by atoms with Gasteiger partial charge in [-0.2, -0.15) is 0 Å². The fourth-order valence-electron chi connectivity index (χ4n) is 4.11. The molecule has 1 aliphatic rings. The minimum atomic E-state index is -0.296. The molecule has 10 heteroatoms. The first-order valence-electron chi connectivity index (χ1n) is 11.1. The van der Waals surface area contributed by atoms with E-state index < -0.39 is 0 Å². The van der Waals surface area contributed by atoms with Crippen LogP contribution in [0.1, 0.15) is 24.4 Å². The van der Waals surface area contributed by atoms with Crippen LogP contribution in [0.2, 0.25) is 0 Å². The van der Waals surface area contributed by atoms with Gasteiger partial charge in [0.25, 0.3) is 5.56 Å². The van der Waals surface area contributed by atoms with E-state index in [1.165, 1.54) is 23.5 Å². The number of carbonyl (C=O) groups excluding carboxylic acids is 1. The number of benzene rings is 1. The molecule has 0 aliphatic carbocycles. The molecule has 176 valence electrons. The third kappa shape index (κ3) is 4.75. The van der Waals surface area contributed by atoms with Crippen LogP contribution in [-0.2, 0) is 6.54 Å². The van der Waals surface area contributed by atoms with E-state index in [2.05, 4.69) is 15.2 Å². The Bertz CT molecular complexity index is 1340. The molecule has 1 fully saturated rings. The molecule has 0 bridgehead atoms. The number of halogens is 1. The van der Waals surface area contributed by atoms with Crippen molar-refractivity contribution in [3.8, 4) is 10.4 Å². The van der Waals surface area contributed by atoms with E-state index in [1.54, 1.807) is 28.4 Å². The summed E-state index contributed by atoms with van der Waals surface area (Å²) in [7, 11) is 0. The highest BCUT2D eigenvalue weighted by molar-refractivity contribution is 7.18. The lowest BCUT2D eigenvalue weighted by molar-refractivity contribution is 0.132. The van der Waals surface area contributed by atoms with Crippen LogP contribution >= 0.6 is 22.7 Å². The molecule has 7 nitrogen and oxygen atoms in total. The zero-order valence-electron chi connectivity index (χ0n) is 18.6. The number of urea groups is 1. The molecule has 0 saturated carbocycles. The largest absolute Gasteiger partial charge is 0.331 e. The number of aromatic nitrogens is 2. The van der Waals surface area contributed by atoms with Gasteiger partial charge in [0.2, 0.25) is 0 Å². The number of hydrogen-bond donors (Lipinski definition) is 2. The first-order chi connectivity index (χ1) is 16.5. The van der Waals surface area contributed by atoms with Crippen molar-refractivity contribution in [2.75, 3.05) is 26.2 Å². The number of amides is 2. The average Bonchev–Trinajstić information content (AvgIpc) is 3.50. The van der Waals surface area contributed by atoms with Crippen molar-refractivity contribution in [3.63, 3.8) is 0 Å². The quantitative estimate of drug-likeness (QED) is 0.427. The molecule has 3 aromatic heterocycles. The van der Waals surface area contributed by atoms with Crippen molar-refractivity contribution in [1.29, 1.82) is 0 Å². The fourth-order valence-corrected chi connectivity index (χ4v) is 5.89. The van der Waals surface area contributed by atoms with Crippen LogP contribution in [0.5, 0.6) is 0 Å². The van der Waals surface area contributed by atoms with Crippen LogP contribution < -0.4 is 10.9 Å². The normalized spacial score (nSPS) is 15.5. The molecule has 2 amide bonds. The molecule has 4 heterocycles. The fraction of sp³-hybridized carbons (Fsp3) is 0.292. The topological polar surface area (TPSA) is 81.3 Å². The predicted molar refractivity (Wildman–Crippen MR) is 134 cm³/mol. The van der Waals surface area contributed by atoms with Crippen molar-refractivity contribution in [2.45, 2.75) is 19.5 Å². The first kappa shape index (κ1) is 22.7. The van der Waals surface area contributed by atoms with Gasteiger partial charge in [0, 0.05) is 42.0 Å². The highest BCUT2D eigenvalue weighted by atomic mass is 32.1. The second kappa shape index (κ2) is 9.65. The van der Waals surface area contributed by atoms with Gasteiger partial charge in [0.15, 0.2) is 0 Å². The van der Waals surface area contributed by atoms with Crippen LogP contribution in [0.25, 0.3) is 20.7 Å². The number of H-pyrrole nitrogens is 1. The molecular formula is C24H24FN5O2S2. The first-order valence-corrected chi connectivity index (χ1v) is 12.8. The number of hydrogen-bond acceptors (Lipinski definition) is 6. The Morgan fingerprint density at radius 3 is 2.65 bits per heavy atom. The van der Waals surface area contributed by atoms with Crippen molar-refractivity contribution >= 4 is 38.9 Å². The minimum Gasteiger partial charge on any atom is -0.331 e. The van der Waals surface area contributed by atoms with Crippen molar-refractivity contribution in [2.24, 2.45) is 0 Å². The summed E-state index contributed by atoms with van der Waals surface area (Å²) in [5, 5.41) is 7.62. The minimum absolute atomic E-state index is 0.113. The smallest absolute Gasteiger partial charge is 0.317 e. The lowest BCUT2D eigenvalue weighted by Gasteiger charge is -2.35. The number of nitrogens with zero attached hydrogens (tertiary/aromatic N) is 3. The van der Waals surface area contributed by atoms with Gasteiger partial charge in [0.1, 0.15) is 16.5 Å². The standard InChI is InChI=1S/C24H24FN5O2S2/c1-15(16-4-6-17(25)7-5-16)26-24(32)30-10-8-29(9-11-30)13-20-27-22(31)21-18(14-34-23(21)28-20)19-3-2-12-33-19/h2-7,12,14-15H,8-11,13H2,1H3,(H,26,32)(H,27,28,31). The summed E-state index contributed by atoms with van der Waals surface area (Å²) in [6, 6.07) is 9.79. The van der Waals surface area contributed by atoms with E-state index in [0.717, 1.165) is 20.8 Å².